The van der Waals surface area contributed by atoms with Gasteiger partial charge in [-0.1, -0.05) is 49.8 Å². The van der Waals surface area contributed by atoms with Crippen molar-refractivity contribution in [2.24, 2.45) is 0 Å². The zero-order chi connectivity index (χ0) is 18.5. The number of hydrogen-bond acceptors (Lipinski definition) is 5. The van der Waals surface area contributed by atoms with Crippen molar-refractivity contribution >= 4 is 23.8 Å². The Bertz CT molecular complexity index is 476. The first-order chi connectivity index (χ1) is 11.9. The minimum atomic E-state index is -0.748. The van der Waals surface area contributed by atoms with Crippen LogP contribution in [0.15, 0.2) is 0 Å². The fourth-order valence-corrected chi connectivity index (χ4v) is 2.99. The number of cyclic esters (lactones) is 1. The number of carbonyl (C=O) groups excluding carboxylic acids is 2. The Morgan fingerprint density at radius 2 is 1.80 bits per heavy atom. The van der Waals surface area contributed by atoms with Crippen LogP contribution in [0.25, 0.3) is 0 Å². The molecule has 1 heterocycles. The molecule has 142 valence electrons. The molecule has 0 aromatic heterocycles. The molecule has 5 nitrogen and oxygen atoms in total. The van der Waals surface area contributed by atoms with Gasteiger partial charge >= 0.3 is 12.1 Å². The lowest BCUT2D eigenvalue weighted by Crippen LogP contribution is -2.45. The van der Waals surface area contributed by atoms with Crippen molar-refractivity contribution in [3.63, 3.8) is 0 Å². The lowest BCUT2D eigenvalue weighted by atomic mass is 10.1. The van der Waals surface area contributed by atoms with E-state index in [4.69, 9.17) is 9.47 Å². The Balaban J connectivity index is 2.60. The van der Waals surface area contributed by atoms with E-state index in [1.807, 2.05) is 0 Å². The molecule has 0 aromatic rings. The van der Waals surface area contributed by atoms with Crippen molar-refractivity contribution in [2.45, 2.75) is 83.8 Å². The summed E-state index contributed by atoms with van der Waals surface area (Å²) in [5.74, 6) is 3.04. The summed E-state index contributed by atoms with van der Waals surface area (Å²) in [6, 6.07) is -0.748. The molecular weight excluding hydrogens is 338 g/mol. The fraction of sp³-hybridized carbons (Fsp3) is 0.789. The highest BCUT2D eigenvalue weighted by atomic mass is 32.2. The van der Waals surface area contributed by atoms with Gasteiger partial charge in [0.15, 0.2) is 0 Å². The van der Waals surface area contributed by atoms with Crippen molar-refractivity contribution in [3.8, 4) is 11.2 Å². The van der Waals surface area contributed by atoms with E-state index < -0.39 is 23.7 Å². The van der Waals surface area contributed by atoms with Crippen molar-refractivity contribution in [1.82, 2.24) is 5.32 Å². The number of thioether (sulfide) groups is 1. The molecule has 0 spiro atoms. The second-order valence-corrected chi connectivity index (χ2v) is 8.01. The minimum Gasteiger partial charge on any atom is -0.464 e. The molecule has 1 aliphatic heterocycles. The molecular formula is C19H31NO4S. The van der Waals surface area contributed by atoms with Crippen LogP contribution >= 0.6 is 11.8 Å². The Hall–Kier alpha value is -1.35. The molecule has 1 rings (SSSR count). The van der Waals surface area contributed by atoms with E-state index in [0.29, 0.717) is 12.4 Å². The molecule has 0 aromatic carbocycles. The highest BCUT2D eigenvalue weighted by Gasteiger charge is 2.25. The van der Waals surface area contributed by atoms with Crippen molar-refractivity contribution in [2.75, 3.05) is 12.4 Å². The highest BCUT2D eigenvalue weighted by Crippen LogP contribution is 2.11. The van der Waals surface area contributed by atoms with Crippen LogP contribution in [0.2, 0.25) is 0 Å². The summed E-state index contributed by atoms with van der Waals surface area (Å²) in [5, 5.41) is 5.61. The van der Waals surface area contributed by atoms with E-state index in [0.717, 1.165) is 25.7 Å². The topological polar surface area (TPSA) is 64.6 Å². The van der Waals surface area contributed by atoms with Crippen molar-refractivity contribution in [1.29, 1.82) is 0 Å². The van der Waals surface area contributed by atoms with Crippen molar-refractivity contribution in [3.05, 3.63) is 0 Å². The summed E-state index contributed by atoms with van der Waals surface area (Å²) >= 11 is 1.33. The first-order valence-electron chi connectivity index (χ1n) is 9.14. The van der Waals surface area contributed by atoms with Crippen LogP contribution in [-0.4, -0.2) is 36.1 Å². The number of ether oxygens (including phenoxy) is 2. The van der Waals surface area contributed by atoms with Crippen LogP contribution in [0, 0.1) is 11.2 Å². The maximum Gasteiger partial charge on any atom is 0.408 e. The highest BCUT2D eigenvalue weighted by molar-refractivity contribution is 8.03. The molecule has 0 aliphatic carbocycles. The third kappa shape index (κ3) is 11.8. The number of nitrogens with one attached hydrogen (secondary N) is 1. The summed E-state index contributed by atoms with van der Waals surface area (Å²) in [6.07, 6.45) is 8.16. The van der Waals surface area contributed by atoms with Gasteiger partial charge in [-0.05, 0) is 38.9 Å². The average molecular weight is 370 g/mol. The molecule has 0 saturated heterocycles. The first kappa shape index (κ1) is 21.7. The molecule has 0 radical (unpaired) electrons. The minimum absolute atomic E-state index is 0.352. The molecule has 1 aliphatic rings. The number of rotatable bonds is 1. The normalized spacial score (nSPS) is 21.4. The molecule has 0 saturated carbocycles. The van der Waals surface area contributed by atoms with Crippen LogP contribution in [0.5, 0.6) is 0 Å². The Kier molecular flexibility index (Phi) is 10.5. The van der Waals surface area contributed by atoms with Gasteiger partial charge in [-0.15, -0.1) is 0 Å². The Morgan fingerprint density at radius 3 is 2.48 bits per heavy atom. The van der Waals surface area contributed by atoms with Gasteiger partial charge in [-0.3, -0.25) is 0 Å². The number of amides is 1. The van der Waals surface area contributed by atoms with Crippen LogP contribution in [0.4, 0.5) is 4.79 Å². The molecule has 1 N–H and O–H groups in total. The lowest BCUT2D eigenvalue weighted by Gasteiger charge is -2.22. The van der Waals surface area contributed by atoms with E-state index in [1.165, 1.54) is 37.4 Å². The molecule has 0 bridgehead atoms. The van der Waals surface area contributed by atoms with Crippen LogP contribution in [-0.2, 0) is 14.3 Å². The molecule has 0 unspecified atom stereocenters. The van der Waals surface area contributed by atoms with Crippen LogP contribution < -0.4 is 5.32 Å². The predicted molar refractivity (Wildman–Crippen MR) is 101 cm³/mol. The van der Waals surface area contributed by atoms with Crippen LogP contribution in [0.1, 0.15) is 72.1 Å². The van der Waals surface area contributed by atoms with Gasteiger partial charge in [0, 0.05) is 12.2 Å². The fourth-order valence-electron chi connectivity index (χ4n) is 2.32. The predicted octanol–water partition coefficient (Wildman–Crippen LogP) is 4.25. The number of carbonyl (C=O) groups is 2. The zero-order valence-corrected chi connectivity index (χ0v) is 16.5. The molecule has 0 fully saturated rings. The number of hydrogen-bond donors (Lipinski definition) is 1. The Morgan fingerprint density at radius 1 is 1.16 bits per heavy atom. The smallest absolute Gasteiger partial charge is 0.408 e. The summed E-state index contributed by atoms with van der Waals surface area (Å²) < 4.78 is 10.5. The standard InChI is InChI=1S/C19H31NO4S/c1-19(2,3)24-18(22)20-16-15-25-14-12-10-8-6-4-5-7-9-11-13-23-17(16)21/h16H,4-11,13,15H2,1-3H3,(H,20,22)/t16-/m0/s1. The van der Waals surface area contributed by atoms with Gasteiger partial charge in [0.2, 0.25) is 0 Å². The maximum absolute atomic E-state index is 12.3. The second-order valence-electron chi connectivity index (χ2n) is 7.18. The van der Waals surface area contributed by atoms with Gasteiger partial charge in [-0.25, -0.2) is 9.59 Å². The third-order valence-corrected chi connectivity index (χ3v) is 4.35. The molecule has 1 amide bonds. The largest absolute Gasteiger partial charge is 0.464 e. The van der Waals surface area contributed by atoms with E-state index >= 15 is 0 Å². The number of alkyl carbamates (subject to hydrolysis) is 1. The summed E-state index contributed by atoms with van der Waals surface area (Å²) in [4.78, 5) is 24.2. The average Bonchev–Trinajstić information content (AvgIpc) is 2.51. The molecule has 6 heteroatoms. The summed E-state index contributed by atoms with van der Waals surface area (Å²) in [6.45, 7) is 5.74. The summed E-state index contributed by atoms with van der Waals surface area (Å²) in [5.41, 5.74) is -0.612. The van der Waals surface area contributed by atoms with Gasteiger partial charge in [0.25, 0.3) is 0 Å². The van der Waals surface area contributed by atoms with E-state index in [9.17, 15) is 9.59 Å². The first-order valence-corrected chi connectivity index (χ1v) is 10.1. The lowest BCUT2D eigenvalue weighted by molar-refractivity contribution is -0.145. The monoisotopic (exact) mass is 369 g/mol. The number of esters is 1. The van der Waals surface area contributed by atoms with Gasteiger partial charge in [0.05, 0.1) is 6.61 Å². The maximum atomic E-state index is 12.3. The quantitative estimate of drug-likeness (QED) is 0.553. The van der Waals surface area contributed by atoms with Crippen LogP contribution in [0.3, 0.4) is 0 Å². The Labute approximate surface area is 156 Å². The SMILES string of the molecule is CC(C)(C)OC(=O)N[C@H]1CSC#CCCCCCCCCCOC1=O. The molecule has 25 heavy (non-hydrogen) atoms. The van der Waals surface area contributed by atoms with E-state index in [1.54, 1.807) is 20.8 Å². The van der Waals surface area contributed by atoms with E-state index in [2.05, 4.69) is 16.5 Å². The van der Waals surface area contributed by atoms with Gasteiger partial charge < -0.3 is 14.8 Å². The van der Waals surface area contributed by atoms with E-state index in [-0.39, 0.29) is 0 Å². The van der Waals surface area contributed by atoms with Gasteiger partial charge in [0.1, 0.15) is 11.6 Å². The molecule has 1 atom stereocenters. The summed E-state index contributed by atoms with van der Waals surface area (Å²) in [7, 11) is 0. The second kappa shape index (κ2) is 12.1. The van der Waals surface area contributed by atoms with Gasteiger partial charge in [-0.2, -0.15) is 0 Å². The zero-order valence-electron chi connectivity index (χ0n) is 15.7. The third-order valence-electron chi connectivity index (χ3n) is 3.56. The van der Waals surface area contributed by atoms with Crippen molar-refractivity contribution < 1.29 is 19.1 Å².